The van der Waals surface area contributed by atoms with Gasteiger partial charge < -0.3 is 10.6 Å². The average molecular weight is 308 g/mol. The molecular formula is C13H14BrN3O. The van der Waals surface area contributed by atoms with Crippen LogP contribution in [0.5, 0.6) is 0 Å². The Kier molecular flexibility index (Phi) is 3.52. The molecule has 1 atom stereocenters. The smallest absolute Gasteiger partial charge is 0.346 e. The molecule has 1 heterocycles. The van der Waals surface area contributed by atoms with Crippen molar-refractivity contribution < 1.29 is 4.79 Å². The van der Waals surface area contributed by atoms with Gasteiger partial charge in [-0.05, 0) is 24.1 Å². The molecular weight excluding hydrogens is 294 g/mol. The van der Waals surface area contributed by atoms with Crippen LogP contribution in [0.25, 0.3) is 0 Å². The number of nitrogens with zero attached hydrogens (tertiary/aromatic N) is 2. The number of halogens is 1. The molecule has 1 unspecified atom stereocenters. The lowest BCUT2D eigenvalue weighted by Gasteiger charge is -2.24. The highest BCUT2D eigenvalue weighted by molar-refractivity contribution is 9.10. The summed E-state index contributed by atoms with van der Waals surface area (Å²) in [4.78, 5) is 17.2. The number of carbonyl (C=O) groups excluding carboxylic acids is 1. The van der Waals surface area contributed by atoms with Crippen molar-refractivity contribution in [1.82, 2.24) is 4.90 Å². The summed E-state index contributed by atoms with van der Waals surface area (Å²) < 4.78 is 0.925. The van der Waals surface area contributed by atoms with Crippen molar-refractivity contribution in [2.75, 3.05) is 6.54 Å². The molecule has 0 fully saturated rings. The van der Waals surface area contributed by atoms with Crippen LogP contribution in [0, 0.1) is 6.92 Å². The summed E-state index contributed by atoms with van der Waals surface area (Å²) in [7, 11) is 0. The molecule has 0 bridgehead atoms. The second-order valence-corrected chi connectivity index (χ2v) is 5.04. The molecule has 1 aromatic rings. The van der Waals surface area contributed by atoms with Crippen LogP contribution >= 0.6 is 15.9 Å². The number of benzene rings is 1. The minimum absolute atomic E-state index is 0.314. The Morgan fingerprint density at radius 1 is 1.61 bits per heavy atom. The van der Waals surface area contributed by atoms with Crippen molar-refractivity contribution in [3.8, 4) is 0 Å². The number of hydrogen-bond donors (Lipinski definition) is 1. The molecule has 0 radical (unpaired) electrons. The molecule has 1 aliphatic heterocycles. The summed E-state index contributed by atoms with van der Waals surface area (Å²) in [6, 6.07) is 5.32. The third-order valence-electron chi connectivity index (χ3n) is 2.84. The maximum Gasteiger partial charge on any atom is 0.346 e. The van der Waals surface area contributed by atoms with Crippen LogP contribution in [0.4, 0.5) is 4.79 Å². The molecule has 2 amide bonds. The number of aryl methyl sites for hydroxylation is 1. The normalized spacial score (nSPS) is 19.0. The topological polar surface area (TPSA) is 58.7 Å². The predicted octanol–water partition coefficient (Wildman–Crippen LogP) is 2.78. The van der Waals surface area contributed by atoms with Gasteiger partial charge in [0.1, 0.15) is 11.9 Å². The minimum Gasteiger partial charge on any atom is -0.385 e. The Bertz CT molecular complexity index is 539. The summed E-state index contributed by atoms with van der Waals surface area (Å²) in [6.07, 6.45) is 1.67. The van der Waals surface area contributed by atoms with Crippen LogP contribution in [-0.4, -0.2) is 23.3 Å². The van der Waals surface area contributed by atoms with Gasteiger partial charge in [0.25, 0.3) is 0 Å². The lowest BCUT2D eigenvalue weighted by atomic mass is 10.0. The lowest BCUT2D eigenvalue weighted by Crippen LogP contribution is -2.33. The minimum atomic E-state index is -0.315. The van der Waals surface area contributed by atoms with Crippen molar-refractivity contribution in [3.63, 3.8) is 0 Å². The molecule has 5 heteroatoms. The maximum absolute atomic E-state index is 11.7. The zero-order chi connectivity index (χ0) is 13.3. The van der Waals surface area contributed by atoms with Crippen molar-refractivity contribution in [2.24, 2.45) is 10.7 Å². The van der Waals surface area contributed by atoms with E-state index in [1.807, 2.05) is 25.1 Å². The first-order chi connectivity index (χ1) is 8.54. The van der Waals surface area contributed by atoms with Crippen molar-refractivity contribution in [3.05, 3.63) is 46.5 Å². The number of hydrogen-bond acceptors (Lipinski definition) is 2. The molecule has 1 aromatic carbocycles. The van der Waals surface area contributed by atoms with E-state index in [0.29, 0.717) is 12.4 Å². The van der Waals surface area contributed by atoms with E-state index in [9.17, 15) is 4.79 Å². The van der Waals surface area contributed by atoms with E-state index >= 15 is 0 Å². The van der Waals surface area contributed by atoms with Gasteiger partial charge in [-0.15, -0.1) is 6.58 Å². The average Bonchev–Trinajstić information content (AvgIpc) is 2.56. The monoisotopic (exact) mass is 307 g/mol. The summed E-state index contributed by atoms with van der Waals surface area (Å²) >= 11 is 3.51. The van der Waals surface area contributed by atoms with Gasteiger partial charge in [-0.3, -0.25) is 0 Å². The zero-order valence-electron chi connectivity index (χ0n) is 10.1. The molecule has 0 saturated heterocycles. The van der Waals surface area contributed by atoms with Gasteiger partial charge in [0.05, 0.1) is 0 Å². The van der Waals surface area contributed by atoms with E-state index in [4.69, 9.17) is 5.73 Å². The lowest BCUT2D eigenvalue weighted by molar-refractivity contribution is 0.212. The van der Waals surface area contributed by atoms with Crippen LogP contribution in [0.2, 0.25) is 0 Å². The first-order valence-electron chi connectivity index (χ1n) is 5.56. The molecule has 2 rings (SSSR count). The Labute approximate surface area is 114 Å². The van der Waals surface area contributed by atoms with E-state index in [2.05, 4.69) is 27.5 Å². The number of amides is 2. The summed E-state index contributed by atoms with van der Waals surface area (Å²) in [5.74, 6) is 0.325. The highest BCUT2D eigenvalue weighted by Gasteiger charge is 2.34. The van der Waals surface area contributed by atoms with Crippen LogP contribution in [0.15, 0.2) is 40.3 Å². The third kappa shape index (κ3) is 2.18. The molecule has 4 nitrogen and oxygen atoms in total. The molecule has 0 aromatic heterocycles. The highest BCUT2D eigenvalue weighted by Crippen LogP contribution is 2.32. The SMILES string of the molecule is C=CCN1C(=O)N=C(N)C1c1ccc(C)cc1Br. The molecule has 94 valence electrons. The third-order valence-corrected chi connectivity index (χ3v) is 3.53. The quantitative estimate of drug-likeness (QED) is 0.873. The van der Waals surface area contributed by atoms with Gasteiger partial charge in [-0.25, -0.2) is 4.79 Å². The molecule has 0 aliphatic carbocycles. The summed E-state index contributed by atoms with van der Waals surface area (Å²) in [5, 5.41) is 0. The van der Waals surface area contributed by atoms with Gasteiger partial charge in [0, 0.05) is 11.0 Å². The van der Waals surface area contributed by atoms with E-state index in [1.165, 1.54) is 0 Å². The number of nitrogens with two attached hydrogens (primary N) is 1. The fourth-order valence-corrected chi connectivity index (χ4v) is 2.72. The number of urea groups is 1. The van der Waals surface area contributed by atoms with E-state index < -0.39 is 0 Å². The predicted molar refractivity (Wildman–Crippen MR) is 75.5 cm³/mol. The van der Waals surface area contributed by atoms with Crippen LogP contribution in [-0.2, 0) is 0 Å². The summed E-state index contributed by atoms with van der Waals surface area (Å²) in [5.41, 5.74) is 7.94. The van der Waals surface area contributed by atoms with Gasteiger partial charge in [-0.1, -0.05) is 34.1 Å². The van der Waals surface area contributed by atoms with Crippen LogP contribution < -0.4 is 5.73 Å². The molecule has 1 aliphatic rings. The number of rotatable bonds is 3. The number of aliphatic imine (C=N–C) groups is 1. The van der Waals surface area contributed by atoms with Gasteiger partial charge in [0.2, 0.25) is 0 Å². The second kappa shape index (κ2) is 4.94. The van der Waals surface area contributed by atoms with E-state index in [1.54, 1.807) is 11.0 Å². The Hall–Kier alpha value is -1.62. The Morgan fingerprint density at radius 2 is 2.33 bits per heavy atom. The highest BCUT2D eigenvalue weighted by atomic mass is 79.9. The maximum atomic E-state index is 11.7. The van der Waals surface area contributed by atoms with Gasteiger partial charge in [-0.2, -0.15) is 4.99 Å². The molecule has 0 spiro atoms. The van der Waals surface area contributed by atoms with E-state index in [0.717, 1.165) is 15.6 Å². The van der Waals surface area contributed by atoms with Crippen molar-refractivity contribution in [2.45, 2.75) is 13.0 Å². The fraction of sp³-hybridized carbons (Fsp3) is 0.231. The van der Waals surface area contributed by atoms with Crippen molar-refractivity contribution in [1.29, 1.82) is 0 Å². The largest absolute Gasteiger partial charge is 0.385 e. The van der Waals surface area contributed by atoms with Gasteiger partial charge in [0.15, 0.2) is 0 Å². The Balaban J connectivity index is 2.44. The Morgan fingerprint density at radius 3 is 2.94 bits per heavy atom. The van der Waals surface area contributed by atoms with E-state index in [-0.39, 0.29) is 12.1 Å². The van der Waals surface area contributed by atoms with Crippen LogP contribution in [0.3, 0.4) is 0 Å². The fourth-order valence-electron chi connectivity index (χ4n) is 2.01. The number of amidine groups is 1. The van der Waals surface area contributed by atoms with Gasteiger partial charge >= 0.3 is 6.03 Å². The molecule has 0 saturated carbocycles. The van der Waals surface area contributed by atoms with Crippen molar-refractivity contribution >= 4 is 27.8 Å². The summed E-state index contributed by atoms with van der Waals surface area (Å²) in [6.45, 7) is 6.08. The first kappa shape index (κ1) is 12.8. The zero-order valence-corrected chi connectivity index (χ0v) is 11.6. The number of carbonyl (C=O) groups is 1. The van der Waals surface area contributed by atoms with Crippen LogP contribution in [0.1, 0.15) is 17.2 Å². The molecule has 18 heavy (non-hydrogen) atoms. The second-order valence-electron chi connectivity index (χ2n) is 4.19. The first-order valence-corrected chi connectivity index (χ1v) is 6.35. The molecule has 2 N–H and O–H groups in total. The standard InChI is InChI=1S/C13H14BrN3O/c1-3-6-17-11(12(15)16-13(17)18)9-5-4-8(2)7-10(9)14/h3-5,7,11H,1,6H2,2H3,(H2,15,16,18).